The number of hydrogen-bond donors (Lipinski definition) is 1. The van der Waals surface area contributed by atoms with Gasteiger partial charge in [-0.05, 0) is 43.1 Å². The van der Waals surface area contributed by atoms with Crippen LogP contribution in [0.5, 0.6) is 0 Å². The molecule has 1 aliphatic carbocycles. The molecule has 0 atom stereocenters. The van der Waals surface area contributed by atoms with E-state index in [4.69, 9.17) is 5.10 Å². The molecule has 1 aromatic heterocycles. The van der Waals surface area contributed by atoms with E-state index in [1.54, 1.807) is 0 Å². The summed E-state index contributed by atoms with van der Waals surface area (Å²) < 4.78 is 3.09. The van der Waals surface area contributed by atoms with Gasteiger partial charge in [-0.15, -0.1) is 0 Å². The average molecular weight is 320 g/mol. The molecule has 1 saturated carbocycles. The van der Waals surface area contributed by atoms with Gasteiger partial charge in [0.05, 0.1) is 11.4 Å². The van der Waals surface area contributed by atoms with Crippen LogP contribution in [0.15, 0.2) is 34.9 Å². The highest BCUT2D eigenvalue weighted by Crippen LogP contribution is 2.39. The molecule has 0 spiro atoms. The van der Waals surface area contributed by atoms with Crippen LogP contribution in [0.2, 0.25) is 0 Å². The van der Waals surface area contributed by atoms with Crippen LogP contribution in [0.3, 0.4) is 0 Å². The second-order valence-corrected chi connectivity index (χ2v) is 5.93. The van der Waals surface area contributed by atoms with E-state index in [9.17, 15) is 0 Å². The van der Waals surface area contributed by atoms with Crippen LogP contribution in [0, 0.1) is 0 Å². The average Bonchev–Trinajstić information content (AvgIpc) is 3.15. The fraction of sp³-hybridized carbons (Fsp3) is 0.400. The predicted octanol–water partition coefficient (Wildman–Crippen LogP) is 3.62. The van der Waals surface area contributed by atoms with Crippen molar-refractivity contribution in [1.82, 2.24) is 15.1 Å². The highest BCUT2D eigenvalue weighted by molar-refractivity contribution is 9.10. The van der Waals surface area contributed by atoms with Gasteiger partial charge in [0.2, 0.25) is 0 Å². The minimum Gasteiger partial charge on any atom is -0.313 e. The number of hydrogen-bond acceptors (Lipinski definition) is 2. The molecule has 1 aliphatic rings. The SMILES string of the molecule is CCNCc1ccc(Br)cc1-n1ccc(C2CC2)n1. The molecular formula is C15H18BrN3. The van der Waals surface area contributed by atoms with Gasteiger partial charge in [0.15, 0.2) is 0 Å². The molecular weight excluding hydrogens is 302 g/mol. The number of benzene rings is 1. The summed E-state index contributed by atoms with van der Waals surface area (Å²) in [5, 5.41) is 8.10. The van der Waals surface area contributed by atoms with Crippen LogP contribution in [-0.4, -0.2) is 16.3 Å². The third-order valence-electron chi connectivity index (χ3n) is 3.46. The Morgan fingerprint density at radius 1 is 1.37 bits per heavy atom. The summed E-state index contributed by atoms with van der Waals surface area (Å²) in [6.45, 7) is 3.97. The number of aromatic nitrogens is 2. The topological polar surface area (TPSA) is 29.9 Å². The van der Waals surface area contributed by atoms with Gasteiger partial charge in [-0.3, -0.25) is 0 Å². The summed E-state index contributed by atoms with van der Waals surface area (Å²) in [4.78, 5) is 0. The van der Waals surface area contributed by atoms with E-state index < -0.39 is 0 Å². The third kappa shape index (κ3) is 2.90. The lowest BCUT2D eigenvalue weighted by atomic mass is 10.2. The molecule has 0 saturated heterocycles. The lowest BCUT2D eigenvalue weighted by molar-refractivity contribution is 0.715. The lowest BCUT2D eigenvalue weighted by Crippen LogP contribution is -2.14. The fourth-order valence-electron chi connectivity index (χ4n) is 2.23. The van der Waals surface area contributed by atoms with Crippen molar-refractivity contribution >= 4 is 15.9 Å². The molecule has 100 valence electrons. The van der Waals surface area contributed by atoms with Crippen molar-refractivity contribution < 1.29 is 0 Å². The largest absolute Gasteiger partial charge is 0.313 e. The zero-order valence-electron chi connectivity index (χ0n) is 11.1. The van der Waals surface area contributed by atoms with Gasteiger partial charge in [-0.25, -0.2) is 4.68 Å². The monoisotopic (exact) mass is 319 g/mol. The predicted molar refractivity (Wildman–Crippen MR) is 80.6 cm³/mol. The smallest absolute Gasteiger partial charge is 0.0701 e. The van der Waals surface area contributed by atoms with Gasteiger partial charge in [0, 0.05) is 23.1 Å². The number of nitrogens with zero attached hydrogens (tertiary/aromatic N) is 2. The Hall–Kier alpha value is -1.13. The highest BCUT2D eigenvalue weighted by atomic mass is 79.9. The highest BCUT2D eigenvalue weighted by Gasteiger charge is 2.26. The Bertz CT molecular complexity index is 573. The molecule has 3 nitrogen and oxygen atoms in total. The molecule has 3 rings (SSSR count). The standard InChI is InChI=1S/C15H18BrN3/c1-2-17-10-12-5-6-13(16)9-15(12)19-8-7-14(18-19)11-3-4-11/h5-9,11,17H,2-4,10H2,1H3. The van der Waals surface area contributed by atoms with Crippen molar-refractivity contribution in [3.8, 4) is 5.69 Å². The van der Waals surface area contributed by atoms with Crippen molar-refractivity contribution in [1.29, 1.82) is 0 Å². The molecule has 1 fully saturated rings. The molecule has 0 radical (unpaired) electrons. The van der Waals surface area contributed by atoms with E-state index in [2.05, 4.69) is 58.6 Å². The Labute approximate surface area is 122 Å². The van der Waals surface area contributed by atoms with Crippen molar-refractivity contribution in [2.24, 2.45) is 0 Å². The molecule has 1 heterocycles. The van der Waals surface area contributed by atoms with Crippen molar-refractivity contribution in [3.05, 3.63) is 46.2 Å². The molecule has 0 bridgehead atoms. The zero-order chi connectivity index (χ0) is 13.2. The van der Waals surface area contributed by atoms with Gasteiger partial charge in [0.1, 0.15) is 0 Å². The van der Waals surface area contributed by atoms with Gasteiger partial charge < -0.3 is 5.32 Å². The van der Waals surface area contributed by atoms with E-state index in [-0.39, 0.29) is 0 Å². The van der Waals surface area contributed by atoms with Crippen LogP contribution < -0.4 is 5.32 Å². The first-order valence-corrected chi connectivity index (χ1v) is 7.62. The normalized spacial score (nSPS) is 14.8. The van der Waals surface area contributed by atoms with Gasteiger partial charge in [-0.2, -0.15) is 5.10 Å². The first-order chi connectivity index (χ1) is 9.28. The molecule has 2 aromatic rings. The maximum absolute atomic E-state index is 4.72. The van der Waals surface area contributed by atoms with E-state index in [0.717, 1.165) is 23.2 Å². The Morgan fingerprint density at radius 3 is 2.95 bits per heavy atom. The summed E-state index contributed by atoms with van der Waals surface area (Å²) >= 11 is 3.55. The molecule has 19 heavy (non-hydrogen) atoms. The van der Waals surface area contributed by atoms with Crippen LogP contribution in [0.1, 0.15) is 36.9 Å². The molecule has 0 amide bonds. The Morgan fingerprint density at radius 2 is 2.21 bits per heavy atom. The summed E-state index contributed by atoms with van der Waals surface area (Å²) in [7, 11) is 0. The van der Waals surface area contributed by atoms with Crippen LogP contribution in [-0.2, 0) is 6.54 Å². The summed E-state index contributed by atoms with van der Waals surface area (Å²) in [5.41, 5.74) is 3.66. The van der Waals surface area contributed by atoms with E-state index in [1.807, 2.05) is 4.68 Å². The van der Waals surface area contributed by atoms with E-state index in [0.29, 0.717) is 5.92 Å². The number of nitrogens with one attached hydrogen (secondary N) is 1. The molecule has 0 aliphatic heterocycles. The lowest BCUT2D eigenvalue weighted by Gasteiger charge is -2.10. The summed E-state index contributed by atoms with van der Waals surface area (Å²) in [5.74, 6) is 0.700. The fourth-order valence-corrected chi connectivity index (χ4v) is 2.58. The zero-order valence-corrected chi connectivity index (χ0v) is 12.7. The van der Waals surface area contributed by atoms with Crippen molar-refractivity contribution in [3.63, 3.8) is 0 Å². The van der Waals surface area contributed by atoms with Crippen LogP contribution in [0.25, 0.3) is 5.69 Å². The summed E-state index contributed by atoms with van der Waals surface area (Å²) in [6.07, 6.45) is 4.66. The minimum atomic E-state index is 0.700. The number of rotatable bonds is 5. The first-order valence-electron chi connectivity index (χ1n) is 6.83. The van der Waals surface area contributed by atoms with E-state index >= 15 is 0 Å². The van der Waals surface area contributed by atoms with Gasteiger partial charge in [0.25, 0.3) is 0 Å². The minimum absolute atomic E-state index is 0.700. The summed E-state index contributed by atoms with van der Waals surface area (Å²) in [6, 6.07) is 8.52. The maximum atomic E-state index is 4.72. The quantitative estimate of drug-likeness (QED) is 0.912. The first kappa shape index (κ1) is 12.9. The Kier molecular flexibility index (Phi) is 3.71. The van der Waals surface area contributed by atoms with Gasteiger partial charge >= 0.3 is 0 Å². The molecule has 0 unspecified atom stereocenters. The van der Waals surface area contributed by atoms with Gasteiger partial charge in [-0.1, -0.05) is 28.9 Å². The maximum Gasteiger partial charge on any atom is 0.0701 e. The van der Waals surface area contributed by atoms with Crippen LogP contribution in [0.4, 0.5) is 0 Å². The van der Waals surface area contributed by atoms with E-state index in [1.165, 1.54) is 24.1 Å². The number of halogens is 1. The van der Waals surface area contributed by atoms with Crippen molar-refractivity contribution in [2.75, 3.05) is 6.54 Å². The van der Waals surface area contributed by atoms with Crippen molar-refractivity contribution in [2.45, 2.75) is 32.2 Å². The third-order valence-corrected chi connectivity index (χ3v) is 3.96. The molecule has 4 heteroatoms. The Balaban J connectivity index is 1.93. The second-order valence-electron chi connectivity index (χ2n) is 5.01. The molecule has 1 aromatic carbocycles. The van der Waals surface area contributed by atoms with Crippen LogP contribution >= 0.6 is 15.9 Å². The molecule has 1 N–H and O–H groups in total. The second kappa shape index (κ2) is 5.47.